The van der Waals surface area contributed by atoms with Crippen molar-refractivity contribution < 1.29 is 5.11 Å². The summed E-state index contributed by atoms with van der Waals surface area (Å²) in [5.41, 5.74) is 2.63. The molecule has 0 aromatic heterocycles. The van der Waals surface area contributed by atoms with Crippen molar-refractivity contribution in [2.45, 2.75) is 51.3 Å². The van der Waals surface area contributed by atoms with E-state index < -0.39 is 0 Å². The van der Waals surface area contributed by atoms with Crippen LogP contribution in [-0.2, 0) is 6.54 Å². The number of rotatable bonds is 3. The van der Waals surface area contributed by atoms with E-state index in [1.165, 1.54) is 17.5 Å². The van der Waals surface area contributed by atoms with E-state index in [9.17, 15) is 5.11 Å². The zero-order chi connectivity index (χ0) is 11.4. The maximum absolute atomic E-state index is 9.57. The van der Waals surface area contributed by atoms with Crippen molar-refractivity contribution in [1.29, 1.82) is 0 Å². The quantitative estimate of drug-likeness (QED) is 0.818. The highest BCUT2D eigenvalue weighted by Gasteiger charge is 2.19. The van der Waals surface area contributed by atoms with E-state index in [1.807, 2.05) is 0 Å². The molecule has 1 aliphatic carbocycles. The summed E-state index contributed by atoms with van der Waals surface area (Å²) in [4.78, 5) is 0. The largest absolute Gasteiger partial charge is 0.393 e. The molecule has 1 fully saturated rings. The molecule has 2 nitrogen and oxygen atoms in total. The van der Waals surface area contributed by atoms with Crippen molar-refractivity contribution in [3.8, 4) is 0 Å². The first-order valence-electron chi connectivity index (χ1n) is 6.21. The van der Waals surface area contributed by atoms with Gasteiger partial charge in [-0.05, 0) is 38.2 Å². The molecule has 0 aliphatic heterocycles. The third kappa shape index (κ3) is 3.32. The Balaban J connectivity index is 1.80. The van der Waals surface area contributed by atoms with Gasteiger partial charge in [-0.15, -0.1) is 0 Å². The van der Waals surface area contributed by atoms with Crippen molar-refractivity contribution in [1.82, 2.24) is 5.32 Å². The second-order valence-corrected chi connectivity index (χ2v) is 4.88. The van der Waals surface area contributed by atoms with E-state index in [2.05, 4.69) is 36.5 Å². The number of benzene rings is 1. The molecule has 0 spiro atoms. The lowest BCUT2D eigenvalue weighted by molar-refractivity contribution is 0.111. The van der Waals surface area contributed by atoms with Gasteiger partial charge in [-0.2, -0.15) is 0 Å². The molecule has 2 rings (SSSR count). The van der Waals surface area contributed by atoms with Gasteiger partial charge < -0.3 is 10.4 Å². The molecule has 88 valence electrons. The van der Waals surface area contributed by atoms with E-state index in [0.717, 1.165) is 25.8 Å². The standard InChI is InChI=1S/C14H21NO/c1-11-5-7-12(8-6-11)10-15-13-3-2-4-14(16)9-13/h5-8,13-16H,2-4,9-10H2,1H3. The number of nitrogens with one attached hydrogen (secondary N) is 1. The Morgan fingerprint density at radius 2 is 2.00 bits per heavy atom. The van der Waals surface area contributed by atoms with Crippen LogP contribution in [0.3, 0.4) is 0 Å². The SMILES string of the molecule is Cc1ccc(CNC2CCCC(O)C2)cc1. The van der Waals surface area contributed by atoms with E-state index in [4.69, 9.17) is 0 Å². The van der Waals surface area contributed by atoms with Gasteiger partial charge in [0.05, 0.1) is 6.10 Å². The number of hydrogen-bond donors (Lipinski definition) is 2. The van der Waals surface area contributed by atoms with Crippen LogP contribution in [0.5, 0.6) is 0 Å². The first-order valence-corrected chi connectivity index (χ1v) is 6.21. The summed E-state index contributed by atoms with van der Waals surface area (Å²) in [6, 6.07) is 9.12. The molecule has 0 radical (unpaired) electrons. The van der Waals surface area contributed by atoms with Crippen molar-refractivity contribution >= 4 is 0 Å². The topological polar surface area (TPSA) is 32.3 Å². The Morgan fingerprint density at radius 1 is 1.25 bits per heavy atom. The molecule has 1 aromatic carbocycles. The second kappa shape index (κ2) is 5.46. The van der Waals surface area contributed by atoms with E-state index in [0.29, 0.717) is 6.04 Å². The molecule has 2 N–H and O–H groups in total. The van der Waals surface area contributed by atoms with Gasteiger partial charge in [0.2, 0.25) is 0 Å². The van der Waals surface area contributed by atoms with Gasteiger partial charge >= 0.3 is 0 Å². The highest BCUT2D eigenvalue weighted by molar-refractivity contribution is 5.21. The van der Waals surface area contributed by atoms with Crippen LogP contribution in [0.1, 0.15) is 36.8 Å². The molecule has 0 saturated heterocycles. The fourth-order valence-electron chi connectivity index (χ4n) is 2.32. The molecule has 0 heterocycles. The molecule has 2 atom stereocenters. The van der Waals surface area contributed by atoms with Crippen molar-refractivity contribution in [3.05, 3.63) is 35.4 Å². The minimum absolute atomic E-state index is 0.0933. The van der Waals surface area contributed by atoms with Crippen LogP contribution in [0.2, 0.25) is 0 Å². The zero-order valence-corrected chi connectivity index (χ0v) is 9.95. The molecule has 1 aliphatic rings. The molecular formula is C14H21NO. The van der Waals surface area contributed by atoms with Gasteiger partial charge in [0.15, 0.2) is 0 Å². The number of aliphatic hydroxyl groups is 1. The molecular weight excluding hydrogens is 198 g/mol. The van der Waals surface area contributed by atoms with Crippen LogP contribution in [0.4, 0.5) is 0 Å². The summed E-state index contributed by atoms with van der Waals surface area (Å²) >= 11 is 0. The summed E-state index contributed by atoms with van der Waals surface area (Å²) in [7, 11) is 0. The fourth-order valence-corrected chi connectivity index (χ4v) is 2.32. The normalized spacial score (nSPS) is 25.6. The highest BCUT2D eigenvalue weighted by Crippen LogP contribution is 2.18. The first-order chi connectivity index (χ1) is 7.74. The average Bonchev–Trinajstić information content (AvgIpc) is 2.28. The molecule has 16 heavy (non-hydrogen) atoms. The van der Waals surface area contributed by atoms with Gasteiger partial charge in [0, 0.05) is 12.6 Å². The van der Waals surface area contributed by atoms with Gasteiger partial charge in [0.25, 0.3) is 0 Å². The van der Waals surface area contributed by atoms with Gasteiger partial charge in [-0.1, -0.05) is 29.8 Å². The summed E-state index contributed by atoms with van der Waals surface area (Å²) in [6.45, 7) is 3.02. The Morgan fingerprint density at radius 3 is 2.69 bits per heavy atom. The summed E-state index contributed by atoms with van der Waals surface area (Å²) < 4.78 is 0. The van der Waals surface area contributed by atoms with Crippen LogP contribution in [-0.4, -0.2) is 17.3 Å². The summed E-state index contributed by atoms with van der Waals surface area (Å²) in [5.74, 6) is 0. The number of aliphatic hydroxyl groups excluding tert-OH is 1. The smallest absolute Gasteiger partial charge is 0.0555 e. The minimum atomic E-state index is -0.0933. The number of hydrogen-bond acceptors (Lipinski definition) is 2. The zero-order valence-electron chi connectivity index (χ0n) is 9.95. The Bertz CT molecular complexity index is 320. The van der Waals surface area contributed by atoms with Gasteiger partial charge in [-0.3, -0.25) is 0 Å². The average molecular weight is 219 g/mol. The monoisotopic (exact) mass is 219 g/mol. The predicted molar refractivity (Wildman–Crippen MR) is 66.3 cm³/mol. The van der Waals surface area contributed by atoms with Crippen LogP contribution in [0, 0.1) is 6.92 Å². The number of aryl methyl sites for hydroxylation is 1. The maximum atomic E-state index is 9.57. The van der Waals surface area contributed by atoms with Crippen LogP contribution >= 0.6 is 0 Å². The van der Waals surface area contributed by atoms with E-state index in [-0.39, 0.29) is 6.10 Å². The van der Waals surface area contributed by atoms with Crippen LogP contribution < -0.4 is 5.32 Å². The molecule has 2 unspecified atom stereocenters. The minimum Gasteiger partial charge on any atom is -0.393 e. The van der Waals surface area contributed by atoms with Crippen molar-refractivity contribution in [2.24, 2.45) is 0 Å². The van der Waals surface area contributed by atoms with Gasteiger partial charge in [-0.25, -0.2) is 0 Å². The lowest BCUT2D eigenvalue weighted by Crippen LogP contribution is -2.35. The Kier molecular flexibility index (Phi) is 3.97. The second-order valence-electron chi connectivity index (χ2n) is 4.88. The lowest BCUT2D eigenvalue weighted by Gasteiger charge is -2.26. The summed E-state index contributed by atoms with van der Waals surface area (Å²) in [6.07, 6.45) is 4.13. The van der Waals surface area contributed by atoms with Crippen molar-refractivity contribution in [2.75, 3.05) is 0 Å². The lowest BCUT2D eigenvalue weighted by atomic mass is 9.93. The molecule has 1 saturated carbocycles. The predicted octanol–water partition coefficient (Wildman–Crippen LogP) is 2.39. The Hall–Kier alpha value is -0.860. The first kappa shape index (κ1) is 11.6. The third-order valence-corrected chi connectivity index (χ3v) is 3.36. The van der Waals surface area contributed by atoms with E-state index in [1.54, 1.807) is 0 Å². The maximum Gasteiger partial charge on any atom is 0.0555 e. The van der Waals surface area contributed by atoms with Crippen molar-refractivity contribution in [3.63, 3.8) is 0 Å². The molecule has 1 aromatic rings. The van der Waals surface area contributed by atoms with Gasteiger partial charge in [0.1, 0.15) is 0 Å². The molecule has 0 amide bonds. The third-order valence-electron chi connectivity index (χ3n) is 3.36. The molecule has 2 heteroatoms. The van der Waals surface area contributed by atoms with E-state index >= 15 is 0 Å². The van der Waals surface area contributed by atoms with Crippen LogP contribution in [0.15, 0.2) is 24.3 Å². The van der Waals surface area contributed by atoms with Crippen LogP contribution in [0.25, 0.3) is 0 Å². The molecule has 0 bridgehead atoms. The fraction of sp³-hybridized carbons (Fsp3) is 0.571. The Labute approximate surface area is 97.7 Å². The highest BCUT2D eigenvalue weighted by atomic mass is 16.3. The summed E-state index contributed by atoms with van der Waals surface area (Å²) in [5, 5.41) is 13.1.